The van der Waals surface area contributed by atoms with Gasteiger partial charge in [0.1, 0.15) is 15.6 Å². The molecule has 1 aliphatic rings. The van der Waals surface area contributed by atoms with Crippen LogP contribution in [0.1, 0.15) is 6.92 Å². The Hall–Kier alpha value is -1.27. The number of ether oxygens (including phenoxy) is 2. The summed E-state index contributed by atoms with van der Waals surface area (Å²) in [6.07, 6.45) is 1.21. The molecule has 1 aromatic carbocycles. The van der Waals surface area contributed by atoms with E-state index in [2.05, 4.69) is 32.2 Å². The maximum atomic E-state index is 11.1. The lowest BCUT2D eigenvalue weighted by Crippen LogP contribution is -2.52. The lowest BCUT2D eigenvalue weighted by Gasteiger charge is -2.37. The molecule has 29 heavy (non-hydrogen) atoms. The highest BCUT2D eigenvalue weighted by atomic mass is 127. The van der Waals surface area contributed by atoms with Crippen molar-refractivity contribution in [3.63, 3.8) is 0 Å². The third kappa shape index (κ3) is 9.39. The quantitative estimate of drug-likeness (QED) is 0.220. The summed E-state index contributed by atoms with van der Waals surface area (Å²) in [5, 5.41) is 3.33. The van der Waals surface area contributed by atoms with Crippen molar-refractivity contribution in [2.75, 3.05) is 76.5 Å². The number of methoxy groups -OCH3 is 1. The van der Waals surface area contributed by atoms with E-state index < -0.39 is 9.84 Å². The number of rotatable bonds is 9. The van der Waals surface area contributed by atoms with Gasteiger partial charge in [-0.2, -0.15) is 0 Å². The molecule has 8 nitrogen and oxygen atoms in total. The number of nitrogens with zero attached hydrogens (tertiary/aromatic N) is 3. The smallest absolute Gasteiger partial charge is 0.194 e. The summed E-state index contributed by atoms with van der Waals surface area (Å²) in [7, 11) is -1.30. The predicted molar refractivity (Wildman–Crippen MR) is 129 cm³/mol. The summed E-state index contributed by atoms with van der Waals surface area (Å²) in [4.78, 5) is 9.21. The Balaban J connectivity index is 0.00000420. The third-order valence-corrected chi connectivity index (χ3v) is 5.34. The van der Waals surface area contributed by atoms with E-state index >= 15 is 0 Å². The zero-order chi connectivity index (χ0) is 20.4. The van der Waals surface area contributed by atoms with Gasteiger partial charge in [-0.1, -0.05) is 6.07 Å². The van der Waals surface area contributed by atoms with Crippen LogP contribution in [0.4, 0.5) is 5.69 Å². The van der Waals surface area contributed by atoms with Crippen LogP contribution >= 0.6 is 24.0 Å². The molecular weight excluding hydrogens is 507 g/mol. The van der Waals surface area contributed by atoms with Gasteiger partial charge in [0.05, 0.1) is 32.6 Å². The van der Waals surface area contributed by atoms with Crippen molar-refractivity contribution < 1.29 is 17.9 Å². The first-order valence-electron chi connectivity index (χ1n) is 9.60. The van der Waals surface area contributed by atoms with Crippen LogP contribution in [-0.4, -0.2) is 90.9 Å². The molecule has 0 aromatic heterocycles. The van der Waals surface area contributed by atoms with Gasteiger partial charge in [0.2, 0.25) is 0 Å². The Morgan fingerprint density at radius 1 is 1.21 bits per heavy atom. The average molecular weight is 540 g/mol. The van der Waals surface area contributed by atoms with Crippen LogP contribution in [0.25, 0.3) is 0 Å². The Bertz CT molecular complexity index is 737. The number of nitrogens with one attached hydrogen (secondary N) is 1. The van der Waals surface area contributed by atoms with E-state index in [1.165, 1.54) is 11.9 Å². The van der Waals surface area contributed by atoms with Crippen LogP contribution in [0.3, 0.4) is 0 Å². The molecule has 10 heteroatoms. The fourth-order valence-electron chi connectivity index (χ4n) is 2.94. The summed E-state index contributed by atoms with van der Waals surface area (Å²) < 4.78 is 32.9. The van der Waals surface area contributed by atoms with Gasteiger partial charge < -0.3 is 24.6 Å². The summed E-state index contributed by atoms with van der Waals surface area (Å²) in [5.74, 6) is 1.79. The van der Waals surface area contributed by atoms with Gasteiger partial charge >= 0.3 is 0 Å². The third-order valence-electron chi connectivity index (χ3n) is 4.43. The van der Waals surface area contributed by atoms with Crippen LogP contribution in [0.2, 0.25) is 0 Å². The van der Waals surface area contributed by atoms with Gasteiger partial charge in [0, 0.05) is 50.7 Å². The van der Waals surface area contributed by atoms with Gasteiger partial charge in [0.25, 0.3) is 0 Å². The molecule has 1 saturated heterocycles. The van der Waals surface area contributed by atoms with Gasteiger partial charge in [-0.3, -0.25) is 4.99 Å². The SMILES string of the molecule is CCNC(=NCCOCCS(C)(=O)=O)N1CCN(c2cccc(OC)c2)CC1.I. The first kappa shape index (κ1) is 25.8. The van der Waals surface area contributed by atoms with Crippen molar-refractivity contribution in [2.24, 2.45) is 4.99 Å². The summed E-state index contributed by atoms with van der Waals surface area (Å²) in [5.41, 5.74) is 1.17. The van der Waals surface area contributed by atoms with E-state index in [9.17, 15) is 8.42 Å². The standard InChI is InChI=1S/C19H32N4O4S.HI/c1-4-20-19(21-8-13-27-14-15-28(3,24)25)23-11-9-22(10-12-23)17-6-5-7-18(16-17)26-2;/h5-7,16H,4,8-15H2,1-3H3,(H,20,21);1H. The number of guanidine groups is 1. The molecule has 0 saturated carbocycles. The van der Waals surface area contributed by atoms with E-state index in [-0.39, 0.29) is 36.3 Å². The number of sulfone groups is 1. The normalized spacial score (nSPS) is 15.1. The molecule has 0 unspecified atom stereocenters. The maximum absolute atomic E-state index is 11.1. The summed E-state index contributed by atoms with van der Waals surface area (Å²) in [6.45, 7) is 7.52. The van der Waals surface area contributed by atoms with Gasteiger partial charge in [-0.15, -0.1) is 24.0 Å². The van der Waals surface area contributed by atoms with Crippen molar-refractivity contribution in [1.29, 1.82) is 0 Å². The van der Waals surface area contributed by atoms with Crippen LogP contribution < -0.4 is 15.0 Å². The number of hydrogen-bond acceptors (Lipinski definition) is 6. The molecule has 0 bridgehead atoms. The van der Waals surface area contributed by atoms with E-state index in [0.29, 0.717) is 13.2 Å². The van der Waals surface area contributed by atoms with Crippen LogP contribution in [0.5, 0.6) is 5.75 Å². The number of piperazine rings is 1. The number of aliphatic imine (C=N–C) groups is 1. The van der Waals surface area contributed by atoms with Gasteiger partial charge in [-0.05, 0) is 19.1 Å². The lowest BCUT2D eigenvalue weighted by atomic mass is 10.2. The fourth-order valence-corrected chi connectivity index (χ4v) is 3.36. The van der Waals surface area contributed by atoms with Crippen molar-refractivity contribution in [1.82, 2.24) is 10.2 Å². The minimum Gasteiger partial charge on any atom is -0.497 e. The van der Waals surface area contributed by atoms with Gasteiger partial charge in [0.15, 0.2) is 5.96 Å². The topological polar surface area (TPSA) is 83.5 Å². The second kappa shape index (κ2) is 13.1. The molecule has 0 aliphatic carbocycles. The largest absolute Gasteiger partial charge is 0.497 e. The Morgan fingerprint density at radius 3 is 2.55 bits per heavy atom. The molecule has 166 valence electrons. The molecule has 1 aromatic rings. The first-order valence-corrected chi connectivity index (χ1v) is 11.7. The number of anilines is 1. The number of halogens is 1. The molecule has 1 fully saturated rings. The highest BCUT2D eigenvalue weighted by molar-refractivity contribution is 14.0. The molecule has 0 atom stereocenters. The second-order valence-corrected chi connectivity index (χ2v) is 8.91. The highest BCUT2D eigenvalue weighted by Crippen LogP contribution is 2.22. The minimum atomic E-state index is -2.98. The number of benzene rings is 1. The fraction of sp³-hybridized carbons (Fsp3) is 0.632. The minimum absolute atomic E-state index is 0. The zero-order valence-electron chi connectivity index (χ0n) is 17.5. The van der Waals surface area contributed by atoms with Crippen molar-refractivity contribution in [3.8, 4) is 5.75 Å². The molecule has 0 amide bonds. The Kier molecular flexibility index (Phi) is 11.7. The van der Waals surface area contributed by atoms with E-state index in [4.69, 9.17) is 9.47 Å². The van der Waals surface area contributed by atoms with Crippen molar-refractivity contribution in [2.45, 2.75) is 6.92 Å². The predicted octanol–water partition coefficient (Wildman–Crippen LogP) is 1.46. The molecule has 1 N–H and O–H groups in total. The monoisotopic (exact) mass is 540 g/mol. The Labute approximate surface area is 191 Å². The molecule has 2 rings (SSSR count). The maximum Gasteiger partial charge on any atom is 0.194 e. The Morgan fingerprint density at radius 2 is 1.93 bits per heavy atom. The van der Waals surface area contributed by atoms with Crippen molar-refractivity contribution >= 4 is 45.5 Å². The van der Waals surface area contributed by atoms with Gasteiger partial charge in [-0.25, -0.2) is 8.42 Å². The average Bonchev–Trinajstić information content (AvgIpc) is 2.69. The zero-order valence-corrected chi connectivity index (χ0v) is 20.6. The van der Waals surface area contributed by atoms with Crippen LogP contribution in [0, 0.1) is 0 Å². The van der Waals surface area contributed by atoms with Crippen molar-refractivity contribution in [3.05, 3.63) is 24.3 Å². The molecule has 0 radical (unpaired) electrons. The number of hydrogen-bond donors (Lipinski definition) is 1. The summed E-state index contributed by atoms with van der Waals surface area (Å²) in [6, 6.07) is 8.12. The van der Waals surface area contributed by atoms with Crippen LogP contribution in [-0.2, 0) is 14.6 Å². The molecule has 0 spiro atoms. The highest BCUT2D eigenvalue weighted by Gasteiger charge is 2.20. The first-order chi connectivity index (χ1) is 13.4. The molecule has 1 aliphatic heterocycles. The molecule has 1 heterocycles. The molecular formula is C19H33IN4O4S. The van der Waals surface area contributed by atoms with E-state index in [1.54, 1.807) is 7.11 Å². The van der Waals surface area contributed by atoms with E-state index in [0.717, 1.165) is 44.4 Å². The lowest BCUT2D eigenvalue weighted by molar-refractivity contribution is 0.157. The summed E-state index contributed by atoms with van der Waals surface area (Å²) >= 11 is 0. The second-order valence-electron chi connectivity index (χ2n) is 6.65. The van der Waals surface area contributed by atoms with E-state index in [1.807, 2.05) is 19.1 Å². The van der Waals surface area contributed by atoms with Crippen LogP contribution in [0.15, 0.2) is 29.3 Å².